The summed E-state index contributed by atoms with van der Waals surface area (Å²) < 4.78 is 9.57. The molecule has 0 bridgehead atoms. The van der Waals surface area contributed by atoms with E-state index in [4.69, 9.17) is 10.00 Å². The van der Waals surface area contributed by atoms with E-state index >= 15 is 0 Å². The van der Waals surface area contributed by atoms with Crippen molar-refractivity contribution in [2.75, 3.05) is 19.5 Å². The number of hydrogen-bond acceptors (Lipinski definition) is 6. The summed E-state index contributed by atoms with van der Waals surface area (Å²) >= 11 is 0. The zero-order valence-electron chi connectivity index (χ0n) is 11.1. The van der Waals surface area contributed by atoms with Crippen LogP contribution in [0.2, 0.25) is 0 Å². The Balaban J connectivity index is 2.24. The van der Waals surface area contributed by atoms with E-state index in [2.05, 4.69) is 15.0 Å². The van der Waals surface area contributed by atoms with E-state index in [1.807, 2.05) is 6.07 Å². The number of esters is 1. The van der Waals surface area contributed by atoms with Crippen molar-refractivity contribution >= 4 is 17.6 Å². The number of nitriles is 1. The summed E-state index contributed by atoms with van der Waals surface area (Å²) in [5.74, 6) is -0.897. The monoisotopic (exact) mass is 275 g/mol. The van der Waals surface area contributed by atoms with Crippen LogP contribution in [-0.2, 0) is 9.53 Å². The second-order valence-corrected chi connectivity index (χ2v) is 4.42. The van der Waals surface area contributed by atoms with Crippen LogP contribution in [-0.4, -0.2) is 31.1 Å². The van der Waals surface area contributed by atoms with Crippen molar-refractivity contribution in [3.8, 4) is 11.9 Å². The lowest BCUT2D eigenvalue weighted by Gasteiger charge is -2.10. The zero-order valence-corrected chi connectivity index (χ0v) is 11.1. The molecule has 1 fully saturated rings. The maximum Gasteiger partial charge on any atom is 0.343 e. The lowest BCUT2D eigenvalue weighted by molar-refractivity contribution is -0.119. The van der Waals surface area contributed by atoms with Crippen molar-refractivity contribution in [3.05, 3.63) is 17.8 Å². The van der Waals surface area contributed by atoms with Gasteiger partial charge in [-0.25, -0.2) is 9.78 Å². The van der Waals surface area contributed by atoms with Gasteiger partial charge in [0, 0.05) is 0 Å². The average Bonchev–Trinajstić information content (AvgIpc) is 3.27. The number of ether oxygens (including phenoxy) is 2. The van der Waals surface area contributed by atoms with Crippen LogP contribution < -0.4 is 10.1 Å². The molecule has 1 aliphatic carbocycles. The molecular weight excluding hydrogens is 262 g/mol. The Bertz CT molecular complexity index is 602. The first-order valence-electron chi connectivity index (χ1n) is 5.91. The first-order valence-corrected chi connectivity index (χ1v) is 5.91. The van der Waals surface area contributed by atoms with E-state index in [1.165, 1.54) is 26.5 Å². The van der Waals surface area contributed by atoms with Crippen molar-refractivity contribution < 1.29 is 19.1 Å². The van der Waals surface area contributed by atoms with E-state index in [-0.39, 0.29) is 17.4 Å². The summed E-state index contributed by atoms with van der Waals surface area (Å²) in [4.78, 5) is 27.4. The van der Waals surface area contributed by atoms with Crippen molar-refractivity contribution in [1.29, 1.82) is 5.26 Å². The van der Waals surface area contributed by atoms with E-state index in [1.54, 1.807) is 0 Å². The van der Waals surface area contributed by atoms with Gasteiger partial charge in [0.05, 0.1) is 32.2 Å². The highest BCUT2D eigenvalue weighted by atomic mass is 16.5. The molecule has 1 N–H and O–H groups in total. The molecule has 7 nitrogen and oxygen atoms in total. The minimum absolute atomic E-state index is 0.106. The van der Waals surface area contributed by atoms with E-state index in [9.17, 15) is 9.59 Å². The smallest absolute Gasteiger partial charge is 0.343 e. The number of methoxy groups -OCH3 is 2. The molecule has 0 aromatic carbocycles. The van der Waals surface area contributed by atoms with Crippen molar-refractivity contribution in [1.82, 2.24) is 4.98 Å². The van der Waals surface area contributed by atoms with Crippen LogP contribution in [0.5, 0.6) is 5.88 Å². The van der Waals surface area contributed by atoms with Gasteiger partial charge in [-0.15, -0.1) is 0 Å². The number of rotatable bonds is 4. The number of hydrogen-bond donors (Lipinski definition) is 1. The van der Waals surface area contributed by atoms with E-state index in [0.717, 1.165) is 0 Å². The predicted octanol–water partition coefficient (Wildman–Crippen LogP) is 1.12. The highest BCUT2D eigenvalue weighted by Gasteiger charge is 2.50. The molecule has 1 aromatic rings. The number of nitrogens with one attached hydrogen (secondary N) is 1. The van der Waals surface area contributed by atoms with E-state index < -0.39 is 11.4 Å². The van der Waals surface area contributed by atoms with Gasteiger partial charge in [-0.1, -0.05) is 0 Å². The van der Waals surface area contributed by atoms with Crippen LogP contribution in [0, 0.1) is 16.7 Å². The second-order valence-electron chi connectivity index (χ2n) is 4.42. The van der Waals surface area contributed by atoms with Gasteiger partial charge in [-0.05, 0) is 18.9 Å². The first kappa shape index (κ1) is 13.8. The van der Waals surface area contributed by atoms with Gasteiger partial charge in [0.1, 0.15) is 11.0 Å². The van der Waals surface area contributed by atoms with Crippen LogP contribution in [0.1, 0.15) is 23.2 Å². The summed E-state index contributed by atoms with van der Waals surface area (Å²) in [6.45, 7) is 0. The van der Waals surface area contributed by atoms with Crippen LogP contribution in [0.4, 0.5) is 5.69 Å². The third-order valence-corrected chi connectivity index (χ3v) is 3.11. The molecule has 0 saturated heterocycles. The SMILES string of the molecule is COC(=O)c1cc(NC(=O)C2(C#N)CC2)cnc1OC. The molecule has 20 heavy (non-hydrogen) atoms. The highest BCUT2D eigenvalue weighted by Crippen LogP contribution is 2.45. The maximum atomic E-state index is 11.9. The Morgan fingerprint density at radius 2 is 2.15 bits per heavy atom. The number of carbonyl (C=O) groups is 2. The number of anilines is 1. The van der Waals surface area contributed by atoms with Gasteiger partial charge in [0.2, 0.25) is 11.8 Å². The predicted molar refractivity (Wildman–Crippen MR) is 68.0 cm³/mol. The number of nitrogens with zero attached hydrogens (tertiary/aromatic N) is 2. The average molecular weight is 275 g/mol. The molecule has 1 aromatic heterocycles. The fraction of sp³-hybridized carbons (Fsp3) is 0.385. The summed E-state index contributed by atoms with van der Waals surface area (Å²) in [6.07, 6.45) is 2.45. The molecule has 1 amide bonds. The quantitative estimate of drug-likeness (QED) is 0.826. The molecular formula is C13H13N3O4. The Kier molecular flexibility index (Phi) is 3.57. The summed E-state index contributed by atoms with van der Waals surface area (Å²) in [6, 6.07) is 3.40. The van der Waals surface area contributed by atoms with Crippen LogP contribution in [0.25, 0.3) is 0 Å². The van der Waals surface area contributed by atoms with Crippen molar-refractivity contribution in [3.63, 3.8) is 0 Å². The van der Waals surface area contributed by atoms with Gasteiger partial charge in [-0.2, -0.15) is 5.26 Å². The first-order chi connectivity index (χ1) is 9.56. The number of amides is 1. The van der Waals surface area contributed by atoms with Gasteiger partial charge in [0.25, 0.3) is 0 Å². The summed E-state index contributed by atoms with van der Waals surface area (Å²) in [5.41, 5.74) is -0.516. The molecule has 0 atom stereocenters. The molecule has 2 rings (SSSR count). The van der Waals surface area contributed by atoms with E-state index in [0.29, 0.717) is 18.5 Å². The molecule has 1 heterocycles. The fourth-order valence-corrected chi connectivity index (χ4v) is 1.70. The normalized spacial score (nSPS) is 14.8. The van der Waals surface area contributed by atoms with Crippen molar-refractivity contribution in [2.45, 2.75) is 12.8 Å². The Labute approximate surface area is 115 Å². The second kappa shape index (κ2) is 5.17. The molecule has 0 unspecified atom stereocenters. The van der Waals surface area contributed by atoms with Crippen LogP contribution in [0.3, 0.4) is 0 Å². The molecule has 1 saturated carbocycles. The molecule has 7 heteroatoms. The summed E-state index contributed by atoms with van der Waals surface area (Å²) in [7, 11) is 2.61. The largest absolute Gasteiger partial charge is 0.480 e. The third-order valence-electron chi connectivity index (χ3n) is 3.11. The standard InChI is InChI=1S/C13H13N3O4/c1-19-10-9(11(17)20-2)5-8(6-15-10)16-12(18)13(7-14)3-4-13/h5-6H,3-4H2,1-2H3,(H,16,18). The van der Waals surface area contributed by atoms with Crippen molar-refractivity contribution in [2.24, 2.45) is 5.41 Å². The van der Waals surface area contributed by atoms with Gasteiger partial charge in [-0.3, -0.25) is 4.79 Å². The lowest BCUT2D eigenvalue weighted by Crippen LogP contribution is -2.23. The number of pyridine rings is 1. The van der Waals surface area contributed by atoms with Gasteiger partial charge >= 0.3 is 5.97 Å². The topological polar surface area (TPSA) is 101 Å². The molecule has 0 spiro atoms. The minimum Gasteiger partial charge on any atom is -0.480 e. The highest BCUT2D eigenvalue weighted by molar-refractivity contribution is 6.00. The Hall–Kier alpha value is -2.62. The molecule has 104 valence electrons. The van der Waals surface area contributed by atoms with Gasteiger partial charge in [0.15, 0.2) is 0 Å². The third kappa shape index (κ3) is 2.40. The zero-order chi connectivity index (χ0) is 14.8. The fourth-order valence-electron chi connectivity index (χ4n) is 1.70. The summed E-state index contributed by atoms with van der Waals surface area (Å²) in [5, 5.41) is 11.5. The molecule has 0 aliphatic heterocycles. The minimum atomic E-state index is -0.939. The maximum absolute atomic E-state index is 11.9. The van der Waals surface area contributed by atoms with Gasteiger partial charge < -0.3 is 14.8 Å². The Morgan fingerprint density at radius 1 is 1.45 bits per heavy atom. The lowest BCUT2D eigenvalue weighted by atomic mass is 10.1. The Morgan fingerprint density at radius 3 is 2.65 bits per heavy atom. The van der Waals surface area contributed by atoms with Crippen LogP contribution >= 0.6 is 0 Å². The number of aromatic nitrogens is 1. The number of carbonyl (C=O) groups excluding carboxylic acids is 2. The molecule has 1 aliphatic rings. The molecule has 0 radical (unpaired) electrons. The van der Waals surface area contributed by atoms with Crippen LogP contribution in [0.15, 0.2) is 12.3 Å².